The van der Waals surface area contributed by atoms with Crippen molar-refractivity contribution >= 4 is 28.3 Å². The number of likely N-dealkylation sites (N-methyl/N-ethyl adjacent to an activating group) is 1. The van der Waals surface area contributed by atoms with E-state index in [0.717, 1.165) is 4.88 Å². The second kappa shape index (κ2) is 6.55. The molecule has 1 saturated heterocycles. The molecular formula is C14H20N4O3S. The summed E-state index contributed by atoms with van der Waals surface area (Å²) in [7, 11) is 3.81. The minimum Gasteiger partial charge on any atom is -0.377 e. The van der Waals surface area contributed by atoms with E-state index in [9.17, 15) is 14.7 Å². The third-order valence-corrected chi connectivity index (χ3v) is 4.04. The molecular weight excluding hydrogens is 304 g/mol. The summed E-state index contributed by atoms with van der Waals surface area (Å²) >= 11 is 1.34. The van der Waals surface area contributed by atoms with Gasteiger partial charge in [0.05, 0.1) is 13.1 Å². The number of nitrogens with zero attached hydrogens (tertiary/aromatic N) is 3. The van der Waals surface area contributed by atoms with Gasteiger partial charge in [-0.25, -0.2) is 4.98 Å². The number of amides is 2. The van der Waals surface area contributed by atoms with Gasteiger partial charge in [-0.1, -0.05) is 6.08 Å². The van der Waals surface area contributed by atoms with E-state index in [0.29, 0.717) is 11.7 Å². The van der Waals surface area contributed by atoms with Crippen LogP contribution in [-0.2, 0) is 9.59 Å². The Morgan fingerprint density at radius 2 is 2.23 bits per heavy atom. The molecule has 1 fully saturated rings. The van der Waals surface area contributed by atoms with Crippen molar-refractivity contribution in [1.29, 1.82) is 0 Å². The number of rotatable bonds is 5. The number of aromatic nitrogens is 1. The normalized spacial score (nSPS) is 16.9. The summed E-state index contributed by atoms with van der Waals surface area (Å²) in [5, 5.41) is 13.2. The lowest BCUT2D eigenvalue weighted by molar-refractivity contribution is -0.161. The van der Waals surface area contributed by atoms with Crippen LogP contribution in [0.3, 0.4) is 0 Å². The van der Waals surface area contributed by atoms with E-state index in [1.165, 1.54) is 22.3 Å². The maximum atomic E-state index is 12.0. The number of likely N-dealkylation sites (tertiary alicyclic amines) is 1. The molecule has 0 radical (unpaired) electrons. The molecule has 0 bridgehead atoms. The zero-order chi connectivity index (χ0) is 16.3. The van der Waals surface area contributed by atoms with Crippen LogP contribution in [0.2, 0.25) is 0 Å². The number of nitrogens with one attached hydrogen (secondary N) is 1. The minimum absolute atomic E-state index is 0.00563. The second-order valence-electron chi connectivity index (χ2n) is 5.62. The van der Waals surface area contributed by atoms with E-state index in [4.69, 9.17) is 0 Å². The van der Waals surface area contributed by atoms with Gasteiger partial charge in [0.2, 0.25) is 5.91 Å². The summed E-state index contributed by atoms with van der Waals surface area (Å²) in [5.41, 5.74) is -1.54. The summed E-state index contributed by atoms with van der Waals surface area (Å²) in [5.74, 6) is -0.729. The Morgan fingerprint density at radius 1 is 1.55 bits per heavy atom. The van der Waals surface area contributed by atoms with Crippen molar-refractivity contribution in [2.75, 3.05) is 39.0 Å². The molecule has 2 heterocycles. The maximum Gasteiger partial charge on any atom is 0.261 e. The zero-order valence-electron chi connectivity index (χ0n) is 12.9. The summed E-state index contributed by atoms with van der Waals surface area (Å²) in [6.45, 7) is 2.53. The lowest BCUT2D eigenvalue weighted by Gasteiger charge is -2.44. The smallest absolute Gasteiger partial charge is 0.261 e. The average molecular weight is 324 g/mol. The molecule has 0 aliphatic carbocycles. The van der Waals surface area contributed by atoms with E-state index in [-0.39, 0.29) is 19.0 Å². The van der Waals surface area contributed by atoms with Crippen LogP contribution in [0, 0.1) is 6.92 Å². The van der Waals surface area contributed by atoms with Crippen LogP contribution in [0.4, 0.5) is 5.13 Å². The summed E-state index contributed by atoms with van der Waals surface area (Å²) in [6.07, 6.45) is 4.86. The molecule has 2 N–H and O–H groups in total. The molecule has 0 spiro atoms. The van der Waals surface area contributed by atoms with Gasteiger partial charge in [-0.2, -0.15) is 0 Å². The fourth-order valence-corrected chi connectivity index (χ4v) is 2.64. The predicted octanol–water partition coefficient (Wildman–Crippen LogP) is 0.0811. The van der Waals surface area contributed by atoms with Gasteiger partial charge in [-0.05, 0) is 21.0 Å². The molecule has 22 heavy (non-hydrogen) atoms. The van der Waals surface area contributed by atoms with E-state index in [1.807, 2.05) is 25.9 Å². The van der Waals surface area contributed by atoms with Crippen molar-refractivity contribution in [1.82, 2.24) is 14.8 Å². The van der Waals surface area contributed by atoms with Gasteiger partial charge < -0.3 is 14.9 Å². The lowest BCUT2D eigenvalue weighted by Crippen LogP contribution is -2.68. The Bertz CT molecular complexity index is 591. The Balaban J connectivity index is 1.84. The number of thiazole rings is 1. The fourth-order valence-electron chi connectivity index (χ4n) is 1.98. The molecule has 1 aliphatic heterocycles. The molecule has 0 unspecified atom stereocenters. The minimum atomic E-state index is -1.54. The van der Waals surface area contributed by atoms with E-state index in [1.54, 1.807) is 12.3 Å². The third-order valence-electron chi connectivity index (χ3n) is 3.21. The number of hydrogen-bond acceptors (Lipinski definition) is 6. The first kappa shape index (κ1) is 16.6. The first-order valence-electron chi connectivity index (χ1n) is 6.86. The summed E-state index contributed by atoms with van der Waals surface area (Å²) in [6, 6.07) is 0. The molecule has 1 aromatic rings. The molecule has 8 heteroatoms. The van der Waals surface area contributed by atoms with Crippen LogP contribution in [0.15, 0.2) is 18.3 Å². The van der Waals surface area contributed by atoms with E-state index >= 15 is 0 Å². The maximum absolute atomic E-state index is 12.0. The largest absolute Gasteiger partial charge is 0.377 e. The standard InChI is InChI=1S/C14H20N4O3S/c1-10-7-15-13(22-10)16-12(20)14(21)8-18(9-14)11(19)5-4-6-17(2)3/h4-5,7,21H,6,8-9H2,1-3H3,(H,15,16,20)/b5-4+. The molecule has 2 rings (SSSR count). The van der Waals surface area contributed by atoms with Crippen LogP contribution >= 0.6 is 11.3 Å². The second-order valence-corrected chi connectivity index (χ2v) is 6.86. The summed E-state index contributed by atoms with van der Waals surface area (Å²) < 4.78 is 0. The van der Waals surface area contributed by atoms with Crippen molar-refractivity contribution in [2.45, 2.75) is 12.5 Å². The Kier molecular flexibility index (Phi) is 4.94. The highest BCUT2D eigenvalue weighted by molar-refractivity contribution is 7.15. The van der Waals surface area contributed by atoms with Crippen molar-refractivity contribution in [3.63, 3.8) is 0 Å². The van der Waals surface area contributed by atoms with Crippen LogP contribution in [0.1, 0.15) is 4.88 Å². The third kappa shape index (κ3) is 3.90. The van der Waals surface area contributed by atoms with Gasteiger partial charge in [0, 0.05) is 23.7 Å². The predicted molar refractivity (Wildman–Crippen MR) is 84.7 cm³/mol. The number of β-amino-alcohol motifs (C(OH)–C–C–N with tert-alkyl or cyclic N) is 1. The number of carbonyl (C=O) groups is 2. The van der Waals surface area contributed by atoms with Gasteiger partial charge >= 0.3 is 0 Å². The Morgan fingerprint density at radius 3 is 2.77 bits per heavy atom. The zero-order valence-corrected chi connectivity index (χ0v) is 13.7. The van der Waals surface area contributed by atoms with Gasteiger partial charge in [0.25, 0.3) is 5.91 Å². The highest BCUT2D eigenvalue weighted by atomic mass is 32.1. The van der Waals surface area contributed by atoms with E-state index in [2.05, 4.69) is 10.3 Å². The SMILES string of the molecule is Cc1cnc(NC(=O)C2(O)CN(C(=O)/C=C/CN(C)C)C2)s1. The van der Waals surface area contributed by atoms with Gasteiger partial charge in [0.1, 0.15) is 0 Å². The molecule has 2 amide bonds. The van der Waals surface area contributed by atoms with Crippen LogP contribution in [0.25, 0.3) is 0 Å². The highest BCUT2D eigenvalue weighted by Gasteiger charge is 2.49. The molecule has 0 aromatic carbocycles. The average Bonchev–Trinajstić information content (AvgIpc) is 2.79. The van der Waals surface area contributed by atoms with Crippen molar-refractivity contribution < 1.29 is 14.7 Å². The van der Waals surface area contributed by atoms with Gasteiger partial charge in [-0.15, -0.1) is 11.3 Å². The lowest BCUT2D eigenvalue weighted by atomic mass is 9.93. The number of anilines is 1. The number of carbonyl (C=O) groups excluding carboxylic acids is 2. The van der Waals surface area contributed by atoms with Gasteiger partial charge in [-0.3, -0.25) is 14.9 Å². The topological polar surface area (TPSA) is 85.8 Å². The van der Waals surface area contributed by atoms with Crippen LogP contribution in [0.5, 0.6) is 0 Å². The first-order valence-corrected chi connectivity index (χ1v) is 7.68. The molecule has 1 aromatic heterocycles. The monoisotopic (exact) mass is 324 g/mol. The Hall–Kier alpha value is -1.77. The number of aliphatic hydroxyl groups is 1. The summed E-state index contributed by atoms with van der Waals surface area (Å²) in [4.78, 5) is 32.2. The Labute approximate surface area is 133 Å². The first-order chi connectivity index (χ1) is 10.3. The van der Waals surface area contributed by atoms with Gasteiger partial charge in [0.15, 0.2) is 10.7 Å². The number of hydrogen-bond donors (Lipinski definition) is 2. The number of aryl methyl sites for hydroxylation is 1. The van der Waals surface area contributed by atoms with Crippen LogP contribution < -0.4 is 5.32 Å². The van der Waals surface area contributed by atoms with Crippen molar-refractivity contribution in [3.8, 4) is 0 Å². The fraction of sp³-hybridized carbons (Fsp3) is 0.500. The van der Waals surface area contributed by atoms with Crippen LogP contribution in [-0.4, -0.2) is 71.0 Å². The molecule has 120 valence electrons. The molecule has 1 aliphatic rings. The van der Waals surface area contributed by atoms with Crippen molar-refractivity contribution in [2.24, 2.45) is 0 Å². The molecule has 0 saturated carbocycles. The molecule has 7 nitrogen and oxygen atoms in total. The quantitative estimate of drug-likeness (QED) is 0.749. The highest BCUT2D eigenvalue weighted by Crippen LogP contribution is 2.24. The molecule has 0 atom stereocenters. The van der Waals surface area contributed by atoms with E-state index < -0.39 is 11.5 Å². The van der Waals surface area contributed by atoms with Crippen molar-refractivity contribution in [3.05, 3.63) is 23.2 Å².